The summed E-state index contributed by atoms with van der Waals surface area (Å²) >= 11 is 6.41. The molecule has 2 aromatic carbocycles. The van der Waals surface area contributed by atoms with Crippen LogP contribution in [-0.4, -0.2) is 20.3 Å². The number of nitrogens with zero attached hydrogens (tertiary/aromatic N) is 3. The number of carbonyl (C=O) groups excluding carboxylic acids is 1. The van der Waals surface area contributed by atoms with Crippen molar-refractivity contribution in [3.05, 3.63) is 99.6 Å². The Bertz CT molecular complexity index is 1270. The Balaban J connectivity index is 1.77. The maximum atomic E-state index is 12.9. The van der Waals surface area contributed by atoms with Gasteiger partial charge in [0.2, 0.25) is 0 Å². The van der Waals surface area contributed by atoms with E-state index in [9.17, 15) is 9.59 Å². The lowest BCUT2D eigenvalue weighted by atomic mass is 10.1. The lowest BCUT2D eigenvalue weighted by Crippen LogP contribution is -2.21. The average Bonchev–Trinajstić information content (AvgIpc) is 3.18. The van der Waals surface area contributed by atoms with E-state index in [1.807, 2.05) is 48.5 Å². The maximum Gasteiger partial charge on any atom is 0.276 e. The van der Waals surface area contributed by atoms with E-state index >= 15 is 0 Å². The van der Waals surface area contributed by atoms with Crippen LogP contribution in [-0.2, 0) is 7.05 Å². The molecule has 0 atom stereocenters. The summed E-state index contributed by atoms with van der Waals surface area (Å²) in [5.41, 5.74) is 3.48. The predicted octanol–water partition coefficient (Wildman–Crippen LogP) is 4.45. The van der Waals surface area contributed by atoms with Gasteiger partial charge in [-0.05, 0) is 37.3 Å². The summed E-state index contributed by atoms with van der Waals surface area (Å²) in [5.74, 6) is -0.379. The summed E-state index contributed by atoms with van der Waals surface area (Å²) in [6.45, 7) is 1.71. The van der Waals surface area contributed by atoms with E-state index in [0.717, 1.165) is 11.3 Å². The Morgan fingerprint density at radius 2 is 1.73 bits per heavy atom. The van der Waals surface area contributed by atoms with Gasteiger partial charge in [-0.3, -0.25) is 9.59 Å². The van der Waals surface area contributed by atoms with Crippen LogP contribution >= 0.6 is 11.6 Å². The quantitative estimate of drug-likeness (QED) is 0.532. The van der Waals surface area contributed by atoms with Crippen molar-refractivity contribution in [1.82, 2.24) is 14.3 Å². The van der Waals surface area contributed by atoms with Crippen LogP contribution in [0.4, 0.5) is 5.69 Å². The standard InChI is InChI=1S/C23H19ClN4O2/c1-15-12-16(14-27(2)23(15)30)25-22(29)20-13-21(18-10-6-7-11-19(18)24)28(26-20)17-8-4-3-5-9-17/h3-14H,1-2H3,(H,25,29). The van der Waals surface area contributed by atoms with E-state index in [2.05, 4.69) is 10.4 Å². The summed E-state index contributed by atoms with van der Waals surface area (Å²) in [4.78, 5) is 24.8. The van der Waals surface area contributed by atoms with Gasteiger partial charge in [-0.2, -0.15) is 5.10 Å². The molecule has 2 heterocycles. The molecule has 0 aliphatic carbocycles. The fourth-order valence-corrected chi connectivity index (χ4v) is 3.49. The minimum Gasteiger partial charge on any atom is -0.319 e. The van der Waals surface area contributed by atoms with Crippen molar-refractivity contribution in [3.63, 3.8) is 0 Å². The van der Waals surface area contributed by atoms with Crippen LogP contribution in [0.5, 0.6) is 0 Å². The first-order chi connectivity index (χ1) is 14.4. The molecule has 4 aromatic rings. The first kappa shape index (κ1) is 19.7. The fraction of sp³-hybridized carbons (Fsp3) is 0.0870. The Hall–Kier alpha value is -3.64. The summed E-state index contributed by atoms with van der Waals surface area (Å²) in [6.07, 6.45) is 1.58. The Morgan fingerprint density at radius 3 is 2.43 bits per heavy atom. The highest BCUT2D eigenvalue weighted by Gasteiger charge is 2.18. The van der Waals surface area contributed by atoms with Crippen molar-refractivity contribution < 1.29 is 4.79 Å². The van der Waals surface area contributed by atoms with Crippen LogP contribution < -0.4 is 10.9 Å². The van der Waals surface area contributed by atoms with Crippen molar-refractivity contribution in [2.75, 3.05) is 5.32 Å². The predicted molar refractivity (Wildman–Crippen MR) is 118 cm³/mol. The number of carbonyl (C=O) groups is 1. The second-order valence-electron chi connectivity index (χ2n) is 6.92. The molecule has 0 fully saturated rings. The number of aromatic nitrogens is 3. The largest absolute Gasteiger partial charge is 0.319 e. The highest BCUT2D eigenvalue weighted by atomic mass is 35.5. The second-order valence-corrected chi connectivity index (χ2v) is 7.33. The summed E-state index contributed by atoms with van der Waals surface area (Å²) < 4.78 is 3.13. The molecule has 0 saturated heterocycles. The van der Waals surface area contributed by atoms with Crippen LogP contribution in [0.15, 0.2) is 77.7 Å². The van der Waals surface area contributed by atoms with Gasteiger partial charge >= 0.3 is 0 Å². The molecule has 0 unspecified atom stereocenters. The molecular weight excluding hydrogens is 400 g/mol. The molecule has 0 saturated carbocycles. The smallest absolute Gasteiger partial charge is 0.276 e. The van der Waals surface area contributed by atoms with Crippen molar-refractivity contribution in [1.29, 1.82) is 0 Å². The molecule has 0 aliphatic heterocycles. The molecular formula is C23H19ClN4O2. The highest BCUT2D eigenvalue weighted by Crippen LogP contribution is 2.30. The summed E-state index contributed by atoms with van der Waals surface area (Å²) in [6, 6.07) is 20.3. The van der Waals surface area contributed by atoms with Gasteiger partial charge in [0.25, 0.3) is 11.5 Å². The van der Waals surface area contributed by atoms with Gasteiger partial charge in [-0.25, -0.2) is 4.68 Å². The molecule has 0 radical (unpaired) electrons. The second kappa shape index (κ2) is 8.00. The van der Waals surface area contributed by atoms with E-state index in [4.69, 9.17) is 11.6 Å². The summed E-state index contributed by atoms with van der Waals surface area (Å²) in [7, 11) is 1.64. The minimum absolute atomic E-state index is 0.109. The molecule has 0 bridgehead atoms. The number of rotatable bonds is 4. The van der Waals surface area contributed by atoms with Crippen molar-refractivity contribution in [2.45, 2.75) is 6.92 Å². The van der Waals surface area contributed by atoms with E-state index in [-0.39, 0.29) is 17.2 Å². The Morgan fingerprint density at radius 1 is 1.03 bits per heavy atom. The minimum atomic E-state index is -0.379. The highest BCUT2D eigenvalue weighted by molar-refractivity contribution is 6.33. The third kappa shape index (κ3) is 3.77. The SMILES string of the molecule is Cc1cc(NC(=O)c2cc(-c3ccccc3Cl)n(-c3ccccc3)n2)cn(C)c1=O. The number of benzene rings is 2. The third-order valence-corrected chi connectivity index (χ3v) is 5.04. The molecule has 0 aliphatic rings. The average molecular weight is 419 g/mol. The van der Waals surface area contributed by atoms with Gasteiger partial charge in [0.05, 0.1) is 17.1 Å². The first-order valence-corrected chi connectivity index (χ1v) is 9.71. The molecule has 30 heavy (non-hydrogen) atoms. The van der Waals surface area contributed by atoms with Gasteiger partial charge in [0, 0.05) is 29.4 Å². The van der Waals surface area contributed by atoms with Crippen molar-refractivity contribution in [3.8, 4) is 16.9 Å². The van der Waals surface area contributed by atoms with E-state index in [0.29, 0.717) is 22.0 Å². The van der Waals surface area contributed by atoms with Crippen LogP contribution in [0, 0.1) is 6.92 Å². The van der Waals surface area contributed by atoms with Crippen molar-refractivity contribution in [2.24, 2.45) is 7.05 Å². The summed E-state index contributed by atoms with van der Waals surface area (Å²) in [5, 5.41) is 7.92. The van der Waals surface area contributed by atoms with E-state index in [1.165, 1.54) is 4.57 Å². The first-order valence-electron chi connectivity index (χ1n) is 9.33. The van der Waals surface area contributed by atoms with Gasteiger partial charge in [0.1, 0.15) is 0 Å². The number of nitrogens with one attached hydrogen (secondary N) is 1. The van der Waals surface area contributed by atoms with E-state index < -0.39 is 0 Å². The van der Waals surface area contributed by atoms with Crippen LogP contribution in [0.25, 0.3) is 16.9 Å². The van der Waals surface area contributed by atoms with Crippen LogP contribution in [0.3, 0.4) is 0 Å². The zero-order chi connectivity index (χ0) is 21.3. The van der Waals surface area contributed by atoms with Gasteiger partial charge in [0.15, 0.2) is 5.69 Å². The molecule has 1 N–H and O–H groups in total. The lowest BCUT2D eigenvalue weighted by molar-refractivity contribution is 0.102. The molecule has 0 spiro atoms. The molecule has 1 amide bonds. The number of anilines is 1. The molecule has 6 nitrogen and oxygen atoms in total. The number of aryl methyl sites for hydroxylation is 2. The Kier molecular flexibility index (Phi) is 5.25. The van der Waals surface area contributed by atoms with E-state index in [1.54, 1.807) is 43.0 Å². The zero-order valence-electron chi connectivity index (χ0n) is 16.5. The molecule has 150 valence electrons. The lowest BCUT2D eigenvalue weighted by Gasteiger charge is -2.08. The molecule has 2 aromatic heterocycles. The fourth-order valence-electron chi connectivity index (χ4n) is 3.26. The third-order valence-electron chi connectivity index (χ3n) is 4.71. The van der Waals surface area contributed by atoms with Gasteiger partial charge in [-0.1, -0.05) is 48.0 Å². The number of hydrogen-bond donors (Lipinski definition) is 1. The Labute approximate surface area is 178 Å². The monoisotopic (exact) mass is 418 g/mol. The maximum absolute atomic E-state index is 12.9. The van der Waals surface area contributed by atoms with Crippen LogP contribution in [0.1, 0.15) is 16.1 Å². The zero-order valence-corrected chi connectivity index (χ0v) is 17.2. The number of hydrogen-bond acceptors (Lipinski definition) is 3. The number of pyridine rings is 1. The normalized spacial score (nSPS) is 10.8. The number of amides is 1. The number of para-hydroxylation sites is 1. The van der Waals surface area contributed by atoms with Crippen LogP contribution in [0.2, 0.25) is 5.02 Å². The van der Waals surface area contributed by atoms with Gasteiger partial charge in [-0.15, -0.1) is 0 Å². The molecule has 4 rings (SSSR count). The van der Waals surface area contributed by atoms with Crippen molar-refractivity contribution >= 4 is 23.2 Å². The number of halogens is 1. The topological polar surface area (TPSA) is 68.9 Å². The molecule has 7 heteroatoms. The van der Waals surface area contributed by atoms with Gasteiger partial charge < -0.3 is 9.88 Å².